The summed E-state index contributed by atoms with van der Waals surface area (Å²) in [5.74, 6) is -3.58. The number of amides is 2. The third-order valence-electron chi connectivity index (χ3n) is 6.78. The fourth-order valence-electron chi connectivity index (χ4n) is 4.52. The van der Waals surface area contributed by atoms with Crippen molar-refractivity contribution in [2.24, 2.45) is 11.1 Å². The van der Waals surface area contributed by atoms with Gasteiger partial charge in [-0.25, -0.2) is 14.8 Å². The maximum Gasteiger partial charge on any atom is 0.350 e. The van der Waals surface area contributed by atoms with Crippen LogP contribution >= 0.6 is 34.4 Å². The minimum Gasteiger partial charge on any atom is -0.543 e. The molecule has 2 atom stereocenters. The Morgan fingerprint density at radius 3 is 2.73 bits per heavy atom. The van der Waals surface area contributed by atoms with Crippen LogP contribution in [0.3, 0.4) is 0 Å². The smallest absolute Gasteiger partial charge is 0.350 e. The number of nitrogens with zero attached hydrogens (tertiary/aromatic N) is 5. The maximum atomic E-state index is 13.3. The van der Waals surface area contributed by atoms with Gasteiger partial charge < -0.3 is 30.9 Å². The van der Waals surface area contributed by atoms with E-state index in [4.69, 9.17) is 10.6 Å². The highest BCUT2D eigenvalue weighted by atomic mass is 32.2. The lowest BCUT2D eigenvalue weighted by Gasteiger charge is -2.50. The fraction of sp³-hybridized carbons (Fsp3) is 0.407. The van der Waals surface area contributed by atoms with E-state index < -0.39 is 40.8 Å². The van der Waals surface area contributed by atoms with Gasteiger partial charge in [0.15, 0.2) is 29.8 Å². The van der Waals surface area contributed by atoms with Crippen LogP contribution in [0, 0.1) is 5.92 Å². The molecule has 3 aromatic rings. The molecule has 5 heterocycles. The van der Waals surface area contributed by atoms with Crippen molar-refractivity contribution < 1.29 is 38.8 Å². The number of nitrogens with two attached hydrogens (primary N) is 1. The molecule has 0 bridgehead atoms. The van der Waals surface area contributed by atoms with Gasteiger partial charge in [-0.1, -0.05) is 19.0 Å². The largest absolute Gasteiger partial charge is 0.543 e. The molecule has 3 aromatic heterocycles. The highest BCUT2D eigenvalue weighted by Crippen LogP contribution is 2.40. The standard InChI is InChI=1S/C27H29N7O7S3/c1-12(2)7-17-29-14-5-6-33(9-16(14)44-17)8-13-10-42-23-19(22(36)34(23)20(13)24(37)38)31-21(35)18(15-11-43-26(28)30-15)32-41-27(3,4)25(39)40/h5-6,9,11-12,19,23H,7-8,10H2,1-4H3,(H4-,28,30,31,35,37,38,39,40)/t19?,23-/m0/s1. The predicted molar refractivity (Wildman–Crippen MR) is 161 cm³/mol. The van der Waals surface area contributed by atoms with Crippen LogP contribution in [-0.4, -0.2) is 72.2 Å². The minimum absolute atomic E-state index is 0.0231. The van der Waals surface area contributed by atoms with Crippen molar-refractivity contribution in [3.63, 3.8) is 0 Å². The van der Waals surface area contributed by atoms with Gasteiger partial charge in [0.2, 0.25) is 5.60 Å². The SMILES string of the molecule is CC(C)Cc1nc2cc[n+](CC3=C(C(=O)[O-])N4C(=O)C(NC(=O)C(=NOC(C)(C)C(=O)O)c5csc(N)n5)[C@@H]4SC3)cc2s1. The topological polar surface area (TPSA) is 204 Å². The van der Waals surface area contributed by atoms with Crippen molar-refractivity contribution in [3.05, 3.63) is 45.8 Å². The number of aliphatic carboxylic acids is 2. The molecule has 5 rings (SSSR count). The Morgan fingerprint density at radius 2 is 2.09 bits per heavy atom. The zero-order valence-electron chi connectivity index (χ0n) is 24.1. The van der Waals surface area contributed by atoms with Crippen molar-refractivity contribution in [2.45, 2.75) is 57.7 Å². The number of β-lactam (4-membered cyclic amide) rings is 1. The molecule has 232 valence electrons. The lowest BCUT2D eigenvalue weighted by molar-refractivity contribution is -0.687. The van der Waals surface area contributed by atoms with Crippen molar-refractivity contribution in [3.8, 4) is 0 Å². The van der Waals surface area contributed by atoms with Crippen LogP contribution < -0.4 is 20.7 Å². The van der Waals surface area contributed by atoms with Crippen molar-refractivity contribution in [2.75, 3.05) is 11.5 Å². The van der Waals surface area contributed by atoms with E-state index in [2.05, 4.69) is 34.3 Å². The number of nitrogens with one attached hydrogen (secondary N) is 1. The highest BCUT2D eigenvalue weighted by molar-refractivity contribution is 8.00. The zero-order chi connectivity index (χ0) is 31.9. The Hall–Kier alpha value is -4.09. The Balaban J connectivity index is 1.35. The number of carboxylic acids is 2. The monoisotopic (exact) mass is 659 g/mol. The molecule has 44 heavy (non-hydrogen) atoms. The Kier molecular flexibility index (Phi) is 8.64. The number of hydrogen-bond acceptors (Lipinski definition) is 13. The molecule has 0 aliphatic carbocycles. The maximum absolute atomic E-state index is 13.3. The molecule has 2 aliphatic heterocycles. The summed E-state index contributed by atoms with van der Waals surface area (Å²) in [6.07, 6.45) is 4.59. The number of nitrogen functional groups attached to an aromatic ring is 1. The van der Waals surface area contributed by atoms with E-state index in [0.29, 0.717) is 11.5 Å². The van der Waals surface area contributed by atoms with Crippen LogP contribution in [0.1, 0.15) is 38.4 Å². The highest BCUT2D eigenvalue weighted by Gasteiger charge is 2.53. The van der Waals surface area contributed by atoms with Gasteiger partial charge in [-0.05, 0) is 19.8 Å². The predicted octanol–water partition coefficient (Wildman–Crippen LogP) is 0.509. The van der Waals surface area contributed by atoms with Gasteiger partial charge in [-0.15, -0.1) is 34.4 Å². The average molecular weight is 660 g/mol. The number of carbonyl (C=O) groups excluding carboxylic acids is 3. The second-order valence-electron chi connectivity index (χ2n) is 11.1. The molecular formula is C27H29N7O7S3. The molecule has 0 spiro atoms. The van der Waals surface area contributed by atoms with Crippen molar-refractivity contribution in [1.82, 2.24) is 20.2 Å². The molecule has 1 saturated heterocycles. The number of hydrogen-bond donors (Lipinski definition) is 3. The summed E-state index contributed by atoms with van der Waals surface area (Å²) in [5, 5.41) is 29.8. The summed E-state index contributed by atoms with van der Waals surface area (Å²) < 4.78 is 2.82. The minimum atomic E-state index is -1.76. The fourth-order valence-corrected chi connectivity index (χ4v) is 7.63. The average Bonchev–Trinajstić information content (AvgIpc) is 3.55. The summed E-state index contributed by atoms with van der Waals surface area (Å²) in [6.45, 7) is 6.97. The van der Waals surface area contributed by atoms with Gasteiger partial charge in [0.05, 0.1) is 22.2 Å². The number of carboxylic acid groups (broad SMARTS) is 2. The second-order valence-corrected chi connectivity index (χ2v) is 14.2. The van der Waals surface area contributed by atoms with E-state index in [9.17, 15) is 29.4 Å². The summed E-state index contributed by atoms with van der Waals surface area (Å²) >= 11 is 3.92. The second kappa shape index (κ2) is 12.1. The lowest BCUT2D eigenvalue weighted by atomic mass is 10.0. The third kappa shape index (κ3) is 6.25. The van der Waals surface area contributed by atoms with E-state index in [1.165, 1.54) is 31.0 Å². The number of fused-ring (bicyclic) bond motifs is 2. The molecule has 1 fully saturated rings. The van der Waals surface area contributed by atoms with E-state index in [-0.39, 0.29) is 34.5 Å². The Morgan fingerprint density at radius 1 is 1.34 bits per heavy atom. The number of aromatic nitrogens is 3. The Labute approximate surface area is 263 Å². The number of thiazole rings is 2. The van der Waals surface area contributed by atoms with Crippen molar-refractivity contribution >= 4 is 79.2 Å². The summed E-state index contributed by atoms with van der Waals surface area (Å²) in [4.78, 5) is 65.2. The number of thioether (sulfide) groups is 1. The molecule has 0 saturated carbocycles. The van der Waals surface area contributed by atoms with E-state index in [0.717, 1.165) is 37.9 Å². The number of rotatable bonds is 11. The van der Waals surface area contributed by atoms with Gasteiger partial charge in [0.1, 0.15) is 21.8 Å². The van der Waals surface area contributed by atoms with Gasteiger partial charge >= 0.3 is 5.97 Å². The molecule has 0 aromatic carbocycles. The van der Waals surface area contributed by atoms with Crippen LogP contribution in [-0.2, 0) is 37.0 Å². The summed E-state index contributed by atoms with van der Waals surface area (Å²) in [6, 6.07) is 0.794. The number of pyridine rings is 1. The van der Waals surface area contributed by atoms with Gasteiger partial charge in [-0.3, -0.25) is 14.5 Å². The Bertz CT molecular complexity index is 1730. The number of anilines is 1. The molecule has 2 amide bonds. The number of oxime groups is 1. The van der Waals surface area contributed by atoms with Gasteiger partial charge in [-0.2, -0.15) is 4.57 Å². The first-order chi connectivity index (χ1) is 20.7. The van der Waals surface area contributed by atoms with Crippen LogP contribution in [0.25, 0.3) is 10.2 Å². The summed E-state index contributed by atoms with van der Waals surface area (Å²) in [5.41, 5.74) is 4.70. The molecule has 17 heteroatoms. The third-order valence-corrected chi connectivity index (χ3v) is 9.82. The van der Waals surface area contributed by atoms with E-state index in [1.807, 2.05) is 23.0 Å². The normalized spacial score (nSPS) is 18.8. The lowest BCUT2D eigenvalue weighted by Crippen LogP contribution is -2.71. The summed E-state index contributed by atoms with van der Waals surface area (Å²) in [7, 11) is 0. The van der Waals surface area contributed by atoms with Gasteiger partial charge in [0.25, 0.3) is 11.8 Å². The first-order valence-corrected chi connectivity index (χ1v) is 16.2. The molecule has 1 unspecified atom stereocenters. The first kappa shape index (κ1) is 31.3. The molecule has 2 aliphatic rings. The quantitative estimate of drug-likeness (QED) is 0.112. The van der Waals surface area contributed by atoms with E-state index >= 15 is 0 Å². The zero-order valence-corrected chi connectivity index (χ0v) is 26.5. The molecule has 4 N–H and O–H groups in total. The number of carbonyl (C=O) groups is 4. The van der Waals surface area contributed by atoms with Crippen LogP contribution in [0.5, 0.6) is 0 Å². The van der Waals surface area contributed by atoms with Crippen molar-refractivity contribution in [1.29, 1.82) is 0 Å². The van der Waals surface area contributed by atoms with Gasteiger partial charge in [0, 0.05) is 29.2 Å². The van der Waals surface area contributed by atoms with Crippen LogP contribution in [0.15, 0.2) is 40.3 Å². The molecular weight excluding hydrogens is 631 g/mol. The van der Waals surface area contributed by atoms with E-state index in [1.54, 1.807) is 11.3 Å². The van der Waals surface area contributed by atoms with Crippen LogP contribution in [0.2, 0.25) is 0 Å². The molecule has 0 radical (unpaired) electrons. The first-order valence-electron chi connectivity index (χ1n) is 13.4. The van der Waals surface area contributed by atoms with Crippen LogP contribution in [0.4, 0.5) is 5.13 Å². The molecule has 14 nitrogen and oxygen atoms in total.